The number of hydrogen-bond donors (Lipinski definition) is 0. The first-order chi connectivity index (χ1) is 5.67. The zero-order valence-corrected chi connectivity index (χ0v) is 7.24. The third-order valence-electron chi connectivity index (χ3n) is 1.87. The van der Waals surface area contributed by atoms with Crippen molar-refractivity contribution < 1.29 is 13.9 Å². The van der Waals surface area contributed by atoms with Crippen molar-refractivity contribution in [2.45, 2.75) is 25.7 Å². The smallest absolute Gasteiger partial charge is 0.164 e. The van der Waals surface area contributed by atoms with Crippen LogP contribution in [0.1, 0.15) is 25.7 Å². The minimum Gasteiger partial charge on any atom is -0.466 e. The van der Waals surface area contributed by atoms with Crippen molar-refractivity contribution in [3.05, 3.63) is 24.2 Å². The lowest BCUT2D eigenvalue weighted by Crippen LogP contribution is -2.19. The largest absolute Gasteiger partial charge is 0.466 e. The maximum Gasteiger partial charge on any atom is 0.164 e. The molecular weight excluding hydrogens is 156 g/mol. The molecule has 0 radical (unpaired) electrons. The second kappa shape index (κ2) is 2.61. The molecule has 3 heteroatoms. The zero-order chi connectivity index (χ0) is 8.60. The van der Waals surface area contributed by atoms with Gasteiger partial charge in [-0.2, -0.15) is 0 Å². The Morgan fingerprint density at radius 2 is 2.33 bits per heavy atom. The quantitative estimate of drug-likeness (QED) is 0.643. The van der Waals surface area contributed by atoms with Crippen molar-refractivity contribution in [1.82, 2.24) is 0 Å². The molecule has 1 saturated heterocycles. The van der Waals surface area contributed by atoms with Crippen molar-refractivity contribution in [1.29, 1.82) is 0 Å². The highest BCUT2D eigenvalue weighted by molar-refractivity contribution is 5.03. The third kappa shape index (κ3) is 1.38. The first kappa shape index (κ1) is 7.83. The molecule has 3 nitrogen and oxygen atoms in total. The van der Waals surface area contributed by atoms with Crippen LogP contribution in [0.5, 0.6) is 0 Å². The molecule has 1 aliphatic heterocycles. The van der Waals surface area contributed by atoms with Gasteiger partial charge in [-0.15, -0.1) is 0 Å². The molecule has 2 heterocycles. The standard InChI is InChI=1S/C9H12O3/c1-9(2)11-6-8(12-9)7-4-3-5-10-7/h3-5,8H,6H2,1-2H3. The van der Waals surface area contributed by atoms with Crippen LogP contribution in [0, 0.1) is 0 Å². The van der Waals surface area contributed by atoms with Crippen LogP contribution in [0.4, 0.5) is 0 Å². The Hall–Kier alpha value is -0.800. The Bertz CT molecular complexity index is 251. The molecule has 12 heavy (non-hydrogen) atoms. The van der Waals surface area contributed by atoms with E-state index >= 15 is 0 Å². The molecular formula is C9H12O3. The Balaban J connectivity index is 2.10. The van der Waals surface area contributed by atoms with Crippen molar-refractivity contribution in [2.24, 2.45) is 0 Å². The molecule has 0 spiro atoms. The number of rotatable bonds is 1. The summed E-state index contributed by atoms with van der Waals surface area (Å²) in [7, 11) is 0. The van der Waals surface area contributed by atoms with Crippen LogP contribution in [0.25, 0.3) is 0 Å². The maximum atomic E-state index is 5.58. The highest BCUT2D eigenvalue weighted by Gasteiger charge is 2.34. The summed E-state index contributed by atoms with van der Waals surface area (Å²) in [5.74, 6) is 0.359. The van der Waals surface area contributed by atoms with Gasteiger partial charge < -0.3 is 13.9 Å². The van der Waals surface area contributed by atoms with E-state index in [1.807, 2.05) is 26.0 Å². The van der Waals surface area contributed by atoms with Gasteiger partial charge in [-0.25, -0.2) is 0 Å². The maximum absolute atomic E-state index is 5.58. The minimum atomic E-state index is -0.475. The molecule has 2 rings (SSSR count). The predicted octanol–water partition coefficient (Wildman–Crippen LogP) is 2.10. The summed E-state index contributed by atoms with van der Waals surface area (Å²) < 4.78 is 16.2. The summed E-state index contributed by atoms with van der Waals surface area (Å²) >= 11 is 0. The van der Waals surface area contributed by atoms with Crippen LogP contribution < -0.4 is 0 Å². The lowest BCUT2D eigenvalue weighted by atomic mass is 10.3. The summed E-state index contributed by atoms with van der Waals surface area (Å²) in [6, 6.07) is 3.75. The predicted molar refractivity (Wildman–Crippen MR) is 42.6 cm³/mol. The summed E-state index contributed by atoms with van der Waals surface area (Å²) in [4.78, 5) is 0. The first-order valence-corrected chi connectivity index (χ1v) is 4.02. The summed E-state index contributed by atoms with van der Waals surface area (Å²) in [5.41, 5.74) is 0. The topological polar surface area (TPSA) is 31.6 Å². The Labute approximate surface area is 71.3 Å². The van der Waals surface area contributed by atoms with E-state index in [2.05, 4.69) is 0 Å². The average molecular weight is 168 g/mol. The average Bonchev–Trinajstić information content (AvgIpc) is 2.55. The molecule has 0 aliphatic carbocycles. The van der Waals surface area contributed by atoms with Gasteiger partial charge in [0.25, 0.3) is 0 Å². The second-order valence-electron chi connectivity index (χ2n) is 3.33. The molecule has 0 aromatic carbocycles. The first-order valence-electron chi connectivity index (χ1n) is 4.02. The second-order valence-corrected chi connectivity index (χ2v) is 3.33. The highest BCUT2D eigenvalue weighted by Crippen LogP contribution is 2.32. The van der Waals surface area contributed by atoms with Crippen LogP contribution in [0.15, 0.2) is 22.8 Å². The molecule has 66 valence electrons. The zero-order valence-electron chi connectivity index (χ0n) is 7.24. The van der Waals surface area contributed by atoms with E-state index in [-0.39, 0.29) is 6.10 Å². The monoisotopic (exact) mass is 168 g/mol. The van der Waals surface area contributed by atoms with Gasteiger partial charge in [0.2, 0.25) is 0 Å². The molecule has 0 N–H and O–H groups in total. The van der Waals surface area contributed by atoms with Crippen LogP contribution in [0.2, 0.25) is 0 Å². The van der Waals surface area contributed by atoms with Crippen molar-refractivity contribution in [3.63, 3.8) is 0 Å². The number of ether oxygens (including phenoxy) is 2. The molecule has 0 amide bonds. The molecule has 1 aromatic rings. The fourth-order valence-corrected chi connectivity index (χ4v) is 1.30. The van der Waals surface area contributed by atoms with E-state index in [1.165, 1.54) is 0 Å². The minimum absolute atomic E-state index is 0.0463. The summed E-state index contributed by atoms with van der Waals surface area (Å²) in [5, 5.41) is 0. The van der Waals surface area contributed by atoms with Gasteiger partial charge in [0.15, 0.2) is 5.79 Å². The number of furan rings is 1. The third-order valence-corrected chi connectivity index (χ3v) is 1.87. The van der Waals surface area contributed by atoms with Crippen LogP contribution in [-0.2, 0) is 9.47 Å². The molecule has 0 saturated carbocycles. The normalized spacial score (nSPS) is 27.7. The van der Waals surface area contributed by atoms with E-state index in [4.69, 9.17) is 13.9 Å². The Kier molecular flexibility index (Phi) is 1.70. The van der Waals surface area contributed by atoms with Crippen LogP contribution in [0.3, 0.4) is 0 Å². The summed E-state index contributed by atoms with van der Waals surface area (Å²) in [6.07, 6.45) is 1.60. The van der Waals surface area contributed by atoms with E-state index in [0.29, 0.717) is 6.61 Å². The fraction of sp³-hybridized carbons (Fsp3) is 0.556. The van der Waals surface area contributed by atoms with Gasteiger partial charge in [0.1, 0.15) is 11.9 Å². The molecule has 1 aromatic heterocycles. The Morgan fingerprint density at radius 3 is 2.83 bits per heavy atom. The van der Waals surface area contributed by atoms with E-state index in [1.54, 1.807) is 6.26 Å². The van der Waals surface area contributed by atoms with Gasteiger partial charge in [0.05, 0.1) is 12.9 Å². The Morgan fingerprint density at radius 1 is 1.50 bits per heavy atom. The fourth-order valence-electron chi connectivity index (χ4n) is 1.30. The van der Waals surface area contributed by atoms with Gasteiger partial charge in [-0.3, -0.25) is 0 Å². The molecule has 1 unspecified atom stereocenters. The van der Waals surface area contributed by atoms with Crippen molar-refractivity contribution in [3.8, 4) is 0 Å². The summed E-state index contributed by atoms with van der Waals surface area (Å²) in [6.45, 7) is 4.37. The van der Waals surface area contributed by atoms with Crippen LogP contribution in [-0.4, -0.2) is 12.4 Å². The van der Waals surface area contributed by atoms with E-state index in [0.717, 1.165) is 5.76 Å². The molecule has 1 atom stereocenters. The van der Waals surface area contributed by atoms with Crippen LogP contribution >= 0.6 is 0 Å². The van der Waals surface area contributed by atoms with Gasteiger partial charge in [-0.05, 0) is 26.0 Å². The van der Waals surface area contributed by atoms with Crippen molar-refractivity contribution >= 4 is 0 Å². The van der Waals surface area contributed by atoms with Crippen molar-refractivity contribution in [2.75, 3.05) is 6.61 Å². The SMILES string of the molecule is CC1(C)OCC(c2ccco2)O1. The molecule has 1 fully saturated rings. The highest BCUT2D eigenvalue weighted by atomic mass is 16.7. The number of hydrogen-bond acceptors (Lipinski definition) is 3. The molecule has 0 bridgehead atoms. The van der Waals surface area contributed by atoms with Gasteiger partial charge in [0, 0.05) is 0 Å². The lowest BCUT2D eigenvalue weighted by Gasteiger charge is -2.15. The van der Waals surface area contributed by atoms with E-state index < -0.39 is 5.79 Å². The van der Waals surface area contributed by atoms with Gasteiger partial charge in [-0.1, -0.05) is 0 Å². The lowest BCUT2D eigenvalue weighted by molar-refractivity contribution is -0.141. The molecule has 1 aliphatic rings. The van der Waals surface area contributed by atoms with Gasteiger partial charge >= 0.3 is 0 Å². The van der Waals surface area contributed by atoms with E-state index in [9.17, 15) is 0 Å².